The number of thioether (sulfide) groups is 1. The summed E-state index contributed by atoms with van der Waals surface area (Å²) in [5.74, 6) is 0.0314. The van der Waals surface area contributed by atoms with Crippen LogP contribution in [0.2, 0.25) is 5.02 Å². The third-order valence-corrected chi connectivity index (χ3v) is 5.91. The lowest BCUT2D eigenvalue weighted by Gasteiger charge is -2.18. The number of benzene rings is 2. The van der Waals surface area contributed by atoms with Crippen molar-refractivity contribution in [3.05, 3.63) is 59.1 Å². The van der Waals surface area contributed by atoms with Gasteiger partial charge in [0.25, 0.3) is 0 Å². The van der Waals surface area contributed by atoms with Crippen LogP contribution in [0.25, 0.3) is 0 Å². The molecule has 0 saturated carbocycles. The number of carbonyl (C=O) groups is 1. The first-order valence-electron chi connectivity index (χ1n) is 9.10. The minimum absolute atomic E-state index is 0.0314. The molecule has 0 bridgehead atoms. The predicted molar refractivity (Wildman–Crippen MR) is 113 cm³/mol. The molecule has 1 N–H and O–H groups in total. The Kier molecular flexibility index (Phi) is 8.49. The number of hydrogen-bond acceptors (Lipinski definition) is 3. The largest absolute Gasteiger partial charge is 0.325 e. The van der Waals surface area contributed by atoms with Gasteiger partial charge in [0.1, 0.15) is 0 Å². The van der Waals surface area contributed by atoms with Crippen molar-refractivity contribution in [3.8, 4) is 0 Å². The Morgan fingerprint density at radius 2 is 1.65 bits per heavy atom. The molecule has 0 aliphatic heterocycles. The smallest absolute Gasteiger partial charge is 0.237 e. The van der Waals surface area contributed by atoms with Crippen LogP contribution in [0, 0.1) is 0 Å². The van der Waals surface area contributed by atoms with Crippen molar-refractivity contribution in [1.82, 2.24) is 4.90 Å². The number of halogens is 1. The van der Waals surface area contributed by atoms with Crippen LogP contribution in [-0.2, 0) is 11.3 Å². The summed E-state index contributed by atoms with van der Waals surface area (Å²) in [5.41, 5.74) is 2.10. The van der Waals surface area contributed by atoms with Gasteiger partial charge in [-0.15, -0.1) is 11.8 Å². The van der Waals surface area contributed by atoms with E-state index >= 15 is 0 Å². The first kappa shape index (κ1) is 20.8. The van der Waals surface area contributed by atoms with E-state index in [1.54, 1.807) is 11.8 Å². The highest BCUT2D eigenvalue weighted by Gasteiger charge is 2.18. The highest BCUT2D eigenvalue weighted by atomic mass is 35.5. The molecule has 2 rings (SSSR count). The Bertz CT molecular complexity index is 684. The minimum Gasteiger partial charge on any atom is -0.325 e. The Hall–Kier alpha value is -1.49. The molecule has 1 atom stereocenters. The second-order valence-corrected chi connectivity index (χ2v) is 7.83. The van der Waals surface area contributed by atoms with Gasteiger partial charge in [0.05, 0.1) is 5.25 Å². The zero-order valence-electron chi connectivity index (χ0n) is 15.7. The molecule has 0 unspecified atom stereocenters. The van der Waals surface area contributed by atoms with E-state index in [1.165, 1.54) is 5.56 Å². The SMILES string of the molecule is CC[C@@H](Sc1ccc(Cl)cc1)C(=O)Nc1ccc(CN(CC)CC)cc1. The van der Waals surface area contributed by atoms with E-state index in [0.29, 0.717) is 5.02 Å². The maximum atomic E-state index is 12.6. The second kappa shape index (κ2) is 10.6. The summed E-state index contributed by atoms with van der Waals surface area (Å²) < 4.78 is 0. The molecule has 3 nitrogen and oxygen atoms in total. The normalized spacial score (nSPS) is 12.2. The molecule has 140 valence electrons. The fourth-order valence-corrected chi connectivity index (χ4v) is 3.70. The van der Waals surface area contributed by atoms with Crippen LogP contribution in [-0.4, -0.2) is 29.1 Å². The molecule has 1 amide bonds. The highest BCUT2D eigenvalue weighted by Crippen LogP contribution is 2.27. The standard InChI is InChI=1S/C21H27ClN2OS/c1-4-20(26-19-13-9-17(22)10-14-19)21(25)23-18-11-7-16(8-12-18)15-24(5-2)6-3/h7-14,20H,4-6,15H2,1-3H3,(H,23,25)/t20-/m1/s1. The average molecular weight is 391 g/mol. The van der Waals surface area contributed by atoms with E-state index in [4.69, 9.17) is 11.6 Å². The topological polar surface area (TPSA) is 32.3 Å². The van der Waals surface area contributed by atoms with Crippen molar-refractivity contribution in [1.29, 1.82) is 0 Å². The molecule has 0 aliphatic rings. The number of rotatable bonds is 9. The van der Waals surface area contributed by atoms with Crippen LogP contribution in [0.3, 0.4) is 0 Å². The molecular weight excluding hydrogens is 364 g/mol. The number of nitrogens with one attached hydrogen (secondary N) is 1. The number of carbonyl (C=O) groups excluding carboxylic acids is 1. The lowest BCUT2D eigenvalue weighted by atomic mass is 10.2. The number of anilines is 1. The van der Waals surface area contributed by atoms with Gasteiger partial charge in [0.15, 0.2) is 0 Å². The van der Waals surface area contributed by atoms with Crippen LogP contribution >= 0.6 is 23.4 Å². The predicted octanol–water partition coefficient (Wildman–Crippen LogP) is 5.69. The summed E-state index contributed by atoms with van der Waals surface area (Å²) in [4.78, 5) is 16.0. The zero-order chi connectivity index (χ0) is 18.9. The molecule has 2 aromatic rings. The molecule has 26 heavy (non-hydrogen) atoms. The van der Waals surface area contributed by atoms with Crippen molar-refractivity contribution in [2.24, 2.45) is 0 Å². The van der Waals surface area contributed by atoms with Gasteiger partial charge in [-0.3, -0.25) is 9.69 Å². The average Bonchev–Trinajstić information content (AvgIpc) is 2.66. The quantitative estimate of drug-likeness (QED) is 0.558. The molecule has 0 aromatic heterocycles. The molecule has 0 saturated heterocycles. The Morgan fingerprint density at radius 1 is 1.04 bits per heavy atom. The first-order valence-corrected chi connectivity index (χ1v) is 10.4. The molecule has 5 heteroatoms. The molecule has 0 spiro atoms. The number of amides is 1. The van der Waals surface area contributed by atoms with Gasteiger partial charge in [0.2, 0.25) is 5.91 Å². The second-order valence-electron chi connectivity index (χ2n) is 6.12. The zero-order valence-corrected chi connectivity index (χ0v) is 17.2. The van der Waals surface area contributed by atoms with Gasteiger partial charge in [-0.2, -0.15) is 0 Å². The van der Waals surface area contributed by atoms with E-state index < -0.39 is 0 Å². The van der Waals surface area contributed by atoms with Crippen LogP contribution < -0.4 is 5.32 Å². The van der Waals surface area contributed by atoms with Crippen molar-refractivity contribution in [2.45, 2.75) is 43.9 Å². The van der Waals surface area contributed by atoms with Crippen molar-refractivity contribution in [2.75, 3.05) is 18.4 Å². The van der Waals surface area contributed by atoms with Crippen LogP contribution in [0.1, 0.15) is 32.8 Å². The molecule has 0 radical (unpaired) electrons. The van der Waals surface area contributed by atoms with Gasteiger partial charge in [-0.1, -0.05) is 44.5 Å². The molecule has 0 heterocycles. The summed E-state index contributed by atoms with van der Waals surface area (Å²) in [6.07, 6.45) is 0.763. The van der Waals surface area contributed by atoms with E-state index in [1.807, 2.05) is 43.3 Å². The van der Waals surface area contributed by atoms with Crippen LogP contribution in [0.4, 0.5) is 5.69 Å². The fraction of sp³-hybridized carbons (Fsp3) is 0.381. The third kappa shape index (κ3) is 6.35. The third-order valence-electron chi connectivity index (χ3n) is 4.28. The Balaban J connectivity index is 1.95. The molecule has 0 aliphatic carbocycles. The van der Waals surface area contributed by atoms with Gasteiger partial charge in [-0.05, 0) is 61.5 Å². The molecule has 2 aromatic carbocycles. The fourth-order valence-electron chi connectivity index (χ4n) is 2.62. The number of hydrogen-bond donors (Lipinski definition) is 1. The maximum Gasteiger partial charge on any atom is 0.237 e. The van der Waals surface area contributed by atoms with Crippen LogP contribution in [0.15, 0.2) is 53.4 Å². The van der Waals surface area contributed by atoms with E-state index in [9.17, 15) is 4.79 Å². The van der Waals surface area contributed by atoms with Gasteiger partial charge >= 0.3 is 0 Å². The summed E-state index contributed by atoms with van der Waals surface area (Å²) in [6.45, 7) is 9.37. The van der Waals surface area contributed by atoms with Gasteiger partial charge < -0.3 is 5.32 Å². The van der Waals surface area contributed by atoms with E-state index in [-0.39, 0.29) is 11.2 Å². The van der Waals surface area contributed by atoms with E-state index in [2.05, 4.69) is 36.2 Å². The number of nitrogens with zero attached hydrogens (tertiary/aromatic N) is 1. The van der Waals surface area contributed by atoms with Crippen molar-refractivity contribution >= 4 is 35.0 Å². The Labute approximate surface area is 166 Å². The maximum absolute atomic E-state index is 12.6. The lowest BCUT2D eigenvalue weighted by Crippen LogP contribution is -2.24. The lowest BCUT2D eigenvalue weighted by molar-refractivity contribution is -0.115. The monoisotopic (exact) mass is 390 g/mol. The summed E-state index contributed by atoms with van der Waals surface area (Å²) >= 11 is 7.49. The summed E-state index contributed by atoms with van der Waals surface area (Å²) in [5, 5.41) is 3.61. The van der Waals surface area contributed by atoms with Crippen molar-refractivity contribution < 1.29 is 4.79 Å². The van der Waals surface area contributed by atoms with Crippen molar-refractivity contribution in [3.63, 3.8) is 0 Å². The molecule has 0 fully saturated rings. The summed E-state index contributed by atoms with van der Waals surface area (Å²) in [7, 11) is 0. The minimum atomic E-state index is -0.133. The van der Waals surface area contributed by atoms with Crippen LogP contribution in [0.5, 0.6) is 0 Å². The first-order chi connectivity index (χ1) is 12.5. The Morgan fingerprint density at radius 3 is 2.19 bits per heavy atom. The summed E-state index contributed by atoms with van der Waals surface area (Å²) in [6, 6.07) is 15.7. The molecular formula is C21H27ClN2OS. The van der Waals surface area contributed by atoms with E-state index in [0.717, 1.165) is 36.6 Å². The van der Waals surface area contributed by atoms with Gasteiger partial charge in [0, 0.05) is 22.2 Å². The highest BCUT2D eigenvalue weighted by molar-refractivity contribution is 8.00. The van der Waals surface area contributed by atoms with Gasteiger partial charge in [-0.25, -0.2) is 0 Å².